The first-order valence-corrected chi connectivity index (χ1v) is 10.0. The Hall–Kier alpha value is -1.61. The molecule has 0 fully saturated rings. The van der Waals surface area contributed by atoms with Crippen molar-refractivity contribution in [1.82, 2.24) is 0 Å². The van der Waals surface area contributed by atoms with Crippen LogP contribution in [-0.2, 0) is 0 Å². The molecule has 0 bridgehead atoms. The van der Waals surface area contributed by atoms with Crippen LogP contribution in [0.2, 0.25) is 0 Å². The second kappa shape index (κ2) is 17.7. The molecule has 2 rings (SSSR count). The molecule has 136 valence electrons. The molecule has 0 unspecified atom stereocenters. The minimum absolute atomic E-state index is 0.312. The first kappa shape index (κ1) is 24.6. The van der Waals surface area contributed by atoms with Crippen LogP contribution in [0, 0.1) is 6.92 Å². The molecule has 2 nitrogen and oxygen atoms in total. The molecule has 2 aromatic carbocycles. The summed E-state index contributed by atoms with van der Waals surface area (Å²) in [5.41, 5.74) is 2.39. The lowest BCUT2D eigenvalue weighted by atomic mass is 10.2. The van der Waals surface area contributed by atoms with Crippen molar-refractivity contribution in [1.29, 1.82) is 0 Å². The molecule has 24 heavy (non-hydrogen) atoms. The third kappa shape index (κ3) is 12.9. The van der Waals surface area contributed by atoms with E-state index in [1.54, 1.807) is 23.9 Å². The maximum Gasteiger partial charge on any atom is 0.115 e. The standard InChI is InChI=1S/C9H13NO.C8H10S.2C2H6/c1-2-7-10-8-3-5-9(11)6-4-8;1-7-3-5-8(9-2)6-4-7;2*1-2/h3-6,10-11H,2,7H2,1H3;3-6H,1-2H3;2*1-2H3. The smallest absolute Gasteiger partial charge is 0.115 e. The van der Waals surface area contributed by atoms with Gasteiger partial charge in [0.2, 0.25) is 0 Å². The van der Waals surface area contributed by atoms with Gasteiger partial charge >= 0.3 is 0 Å². The number of nitrogens with one attached hydrogen (secondary N) is 1. The molecular weight excluding hydrogens is 314 g/mol. The van der Waals surface area contributed by atoms with Crippen LogP contribution in [0.15, 0.2) is 53.4 Å². The van der Waals surface area contributed by atoms with Crippen molar-refractivity contribution in [3.8, 4) is 5.75 Å². The molecule has 0 spiro atoms. The Kier molecular flexibility index (Phi) is 18.2. The summed E-state index contributed by atoms with van der Waals surface area (Å²) in [5, 5.41) is 12.2. The second-order valence-corrected chi connectivity index (χ2v) is 5.37. The Balaban J connectivity index is 0. The molecule has 0 aliphatic heterocycles. The summed E-state index contributed by atoms with van der Waals surface area (Å²) in [5.74, 6) is 0.312. The van der Waals surface area contributed by atoms with E-state index in [2.05, 4.69) is 49.7 Å². The average molecular weight is 350 g/mol. The summed E-state index contributed by atoms with van der Waals surface area (Å²) in [6.07, 6.45) is 3.20. The van der Waals surface area contributed by atoms with Gasteiger partial charge in [0.1, 0.15) is 5.75 Å². The van der Waals surface area contributed by atoms with Crippen molar-refractivity contribution in [2.45, 2.75) is 52.9 Å². The quantitative estimate of drug-likeness (QED) is 0.461. The van der Waals surface area contributed by atoms with Gasteiger partial charge in [0.05, 0.1) is 0 Å². The minimum Gasteiger partial charge on any atom is -0.508 e. The van der Waals surface area contributed by atoms with Crippen molar-refractivity contribution in [2.24, 2.45) is 0 Å². The third-order valence-corrected chi connectivity index (χ3v) is 3.45. The Morgan fingerprint density at radius 3 is 1.79 bits per heavy atom. The van der Waals surface area contributed by atoms with Gasteiger partial charge in [0, 0.05) is 17.1 Å². The van der Waals surface area contributed by atoms with Crippen molar-refractivity contribution in [2.75, 3.05) is 18.1 Å². The zero-order valence-corrected chi connectivity index (χ0v) is 17.2. The molecule has 0 atom stereocenters. The maximum absolute atomic E-state index is 8.95. The van der Waals surface area contributed by atoms with Crippen LogP contribution in [0.4, 0.5) is 5.69 Å². The van der Waals surface area contributed by atoms with Crippen LogP contribution in [0.5, 0.6) is 5.75 Å². The van der Waals surface area contributed by atoms with Crippen molar-refractivity contribution >= 4 is 17.4 Å². The summed E-state index contributed by atoms with van der Waals surface area (Å²) < 4.78 is 0. The van der Waals surface area contributed by atoms with E-state index in [9.17, 15) is 0 Å². The predicted molar refractivity (Wildman–Crippen MR) is 113 cm³/mol. The Bertz CT molecular complexity index is 480. The topological polar surface area (TPSA) is 32.3 Å². The Morgan fingerprint density at radius 2 is 1.38 bits per heavy atom. The SMILES string of the molecule is CC.CC.CCCNc1ccc(O)cc1.CSc1ccc(C)cc1. The van der Waals surface area contributed by atoms with Gasteiger partial charge in [-0.15, -0.1) is 11.8 Å². The van der Waals surface area contributed by atoms with Gasteiger partial charge in [-0.1, -0.05) is 52.3 Å². The van der Waals surface area contributed by atoms with Gasteiger partial charge in [-0.3, -0.25) is 0 Å². The molecule has 0 radical (unpaired) electrons. The van der Waals surface area contributed by atoms with Crippen LogP contribution < -0.4 is 5.32 Å². The molecular formula is C21H35NOS. The van der Waals surface area contributed by atoms with Crippen molar-refractivity contribution in [3.05, 3.63) is 54.1 Å². The summed E-state index contributed by atoms with van der Waals surface area (Å²) in [6.45, 7) is 13.2. The van der Waals surface area contributed by atoms with Crippen LogP contribution in [0.1, 0.15) is 46.6 Å². The maximum atomic E-state index is 8.95. The van der Waals surface area contributed by atoms with Crippen molar-refractivity contribution in [3.63, 3.8) is 0 Å². The molecule has 2 N–H and O–H groups in total. The van der Waals surface area contributed by atoms with Gasteiger partial charge in [-0.2, -0.15) is 0 Å². The number of hydrogen-bond acceptors (Lipinski definition) is 3. The van der Waals surface area contributed by atoms with E-state index >= 15 is 0 Å². The van der Waals surface area contributed by atoms with Crippen LogP contribution in [0.25, 0.3) is 0 Å². The summed E-state index contributed by atoms with van der Waals surface area (Å²) >= 11 is 1.78. The zero-order chi connectivity index (χ0) is 18.8. The van der Waals surface area contributed by atoms with Crippen molar-refractivity contribution < 1.29 is 5.11 Å². The number of benzene rings is 2. The predicted octanol–water partition coefficient (Wildman–Crippen LogP) is 6.98. The van der Waals surface area contributed by atoms with Gasteiger partial charge < -0.3 is 10.4 Å². The lowest BCUT2D eigenvalue weighted by molar-refractivity contribution is 0.475. The van der Waals surface area contributed by atoms with Gasteiger partial charge in [0.25, 0.3) is 0 Å². The highest BCUT2D eigenvalue weighted by molar-refractivity contribution is 7.98. The van der Waals surface area contributed by atoms with Crippen LogP contribution in [-0.4, -0.2) is 17.9 Å². The fourth-order valence-corrected chi connectivity index (χ4v) is 1.93. The zero-order valence-electron chi connectivity index (χ0n) is 16.4. The molecule has 0 aromatic heterocycles. The number of thioether (sulfide) groups is 1. The normalized spacial score (nSPS) is 8.46. The highest BCUT2D eigenvalue weighted by Gasteiger charge is 1.89. The monoisotopic (exact) mass is 349 g/mol. The first-order chi connectivity index (χ1) is 11.7. The summed E-state index contributed by atoms with van der Waals surface area (Å²) in [7, 11) is 0. The van der Waals surface area contributed by atoms with Crippen LogP contribution in [0.3, 0.4) is 0 Å². The molecule has 0 heterocycles. The number of phenolic OH excluding ortho intramolecular Hbond substituents is 1. The van der Waals surface area contributed by atoms with Gasteiger partial charge in [0.15, 0.2) is 0 Å². The van der Waals surface area contributed by atoms with E-state index in [1.807, 2.05) is 39.8 Å². The average Bonchev–Trinajstić information content (AvgIpc) is 2.66. The third-order valence-electron chi connectivity index (χ3n) is 2.70. The molecule has 0 aliphatic rings. The van der Waals surface area contributed by atoms with E-state index < -0.39 is 0 Å². The fourth-order valence-electron chi connectivity index (χ4n) is 1.52. The molecule has 0 saturated heterocycles. The van der Waals surface area contributed by atoms with E-state index in [4.69, 9.17) is 5.11 Å². The first-order valence-electron chi connectivity index (χ1n) is 8.79. The van der Waals surface area contributed by atoms with E-state index in [-0.39, 0.29) is 0 Å². The van der Waals surface area contributed by atoms with E-state index in [0.29, 0.717) is 5.75 Å². The number of phenols is 1. The molecule has 0 saturated carbocycles. The largest absolute Gasteiger partial charge is 0.508 e. The van der Waals surface area contributed by atoms with Gasteiger partial charge in [-0.05, 0) is 56.0 Å². The number of aryl methyl sites for hydroxylation is 1. The highest BCUT2D eigenvalue weighted by Crippen LogP contribution is 2.14. The Labute approximate surface area is 153 Å². The van der Waals surface area contributed by atoms with Gasteiger partial charge in [-0.25, -0.2) is 0 Å². The lowest BCUT2D eigenvalue weighted by Crippen LogP contribution is -1.98. The molecule has 0 aliphatic carbocycles. The fraction of sp³-hybridized carbons (Fsp3) is 0.429. The number of rotatable bonds is 4. The number of hydrogen-bond donors (Lipinski definition) is 2. The highest BCUT2D eigenvalue weighted by atomic mass is 32.2. The second-order valence-electron chi connectivity index (χ2n) is 4.49. The van der Waals surface area contributed by atoms with E-state index in [0.717, 1.165) is 18.7 Å². The molecule has 2 aromatic rings. The number of anilines is 1. The molecule has 0 amide bonds. The molecule has 3 heteroatoms. The summed E-state index contributed by atoms with van der Waals surface area (Å²) in [6, 6.07) is 15.6. The van der Waals surface area contributed by atoms with Crippen LogP contribution >= 0.6 is 11.8 Å². The minimum atomic E-state index is 0.312. The number of aromatic hydroxyl groups is 1. The Morgan fingerprint density at radius 1 is 0.875 bits per heavy atom. The summed E-state index contributed by atoms with van der Waals surface area (Å²) in [4.78, 5) is 1.33. The van der Waals surface area contributed by atoms with E-state index in [1.165, 1.54) is 10.5 Å². The lowest BCUT2D eigenvalue weighted by Gasteiger charge is -2.03.